The van der Waals surface area contributed by atoms with Gasteiger partial charge >= 0.3 is 0 Å². The SMILES string of the molecule is Fc1[c]ccc(-n2ccnc2)c1. The molecule has 1 heterocycles. The molecule has 0 N–H and O–H groups in total. The van der Waals surface area contributed by atoms with E-state index in [0.717, 1.165) is 5.69 Å². The second-order valence-electron chi connectivity index (χ2n) is 2.36. The van der Waals surface area contributed by atoms with E-state index in [9.17, 15) is 4.39 Å². The molecule has 59 valence electrons. The Morgan fingerprint density at radius 3 is 3.08 bits per heavy atom. The molecule has 0 fully saturated rings. The minimum atomic E-state index is -0.360. The lowest BCUT2D eigenvalue weighted by Crippen LogP contribution is -1.89. The normalized spacial score (nSPS) is 10.1. The Morgan fingerprint density at radius 1 is 1.50 bits per heavy atom. The highest BCUT2D eigenvalue weighted by Gasteiger charge is 1.95. The van der Waals surface area contributed by atoms with E-state index in [2.05, 4.69) is 11.1 Å². The van der Waals surface area contributed by atoms with Crippen molar-refractivity contribution in [2.75, 3.05) is 0 Å². The summed E-state index contributed by atoms with van der Waals surface area (Å²) in [5, 5.41) is 0. The van der Waals surface area contributed by atoms with Gasteiger partial charge in [-0.3, -0.25) is 0 Å². The van der Waals surface area contributed by atoms with Crippen molar-refractivity contribution < 1.29 is 4.39 Å². The lowest BCUT2D eigenvalue weighted by molar-refractivity contribution is 0.624. The number of nitrogens with zero attached hydrogens (tertiary/aromatic N) is 2. The van der Waals surface area contributed by atoms with Crippen LogP contribution in [0, 0.1) is 11.9 Å². The first-order valence-electron chi connectivity index (χ1n) is 3.52. The maximum absolute atomic E-state index is 12.7. The molecule has 0 spiro atoms. The van der Waals surface area contributed by atoms with Crippen molar-refractivity contribution >= 4 is 0 Å². The van der Waals surface area contributed by atoms with Crippen LogP contribution in [0.2, 0.25) is 0 Å². The molecule has 1 aromatic carbocycles. The minimum Gasteiger partial charge on any atom is -0.306 e. The Hall–Kier alpha value is -1.64. The van der Waals surface area contributed by atoms with E-state index in [1.165, 1.54) is 6.07 Å². The molecule has 3 heteroatoms. The molecule has 12 heavy (non-hydrogen) atoms. The number of imidazole rings is 1. The smallest absolute Gasteiger partial charge is 0.133 e. The third kappa shape index (κ3) is 1.21. The highest BCUT2D eigenvalue weighted by Crippen LogP contribution is 2.07. The molecule has 1 radical (unpaired) electrons. The van der Waals surface area contributed by atoms with Gasteiger partial charge in [-0.2, -0.15) is 0 Å². The summed E-state index contributed by atoms with van der Waals surface area (Å²) in [7, 11) is 0. The van der Waals surface area contributed by atoms with E-state index in [1.54, 1.807) is 35.4 Å². The maximum Gasteiger partial charge on any atom is 0.133 e. The van der Waals surface area contributed by atoms with Gasteiger partial charge in [-0.25, -0.2) is 9.37 Å². The van der Waals surface area contributed by atoms with E-state index in [1.807, 2.05) is 0 Å². The Balaban J connectivity index is 2.48. The van der Waals surface area contributed by atoms with E-state index in [4.69, 9.17) is 0 Å². The van der Waals surface area contributed by atoms with Crippen LogP contribution in [0.15, 0.2) is 36.9 Å². The van der Waals surface area contributed by atoms with Gasteiger partial charge in [0.2, 0.25) is 0 Å². The molecule has 2 aromatic rings. The molecule has 1 aromatic heterocycles. The van der Waals surface area contributed by atoms with Crippen LogP contribution in [0.3, 0.4) is 0 Å². The van der Waals surface area contributed by atoms with Gasteiger partial charge in [-0.15, -0.1) is 0 Å². The number of aromatic nitrogens is 2. The minimum absolute atomic E-state index is 0.360. The van der Waals surface area contributed by atoms with Gasteiger partial charge in [0.1, 0.15) is 5.82 Å². The van der Waals surface area contributed by atoms with Crippen LogP contribution in [-0.4, -0.2) is 9.55 Å². The van der Waals surface area contributed by atoms with Gasteiger partial charge in [0.05, 0.1) is 6.33 Å². The zero-order chi connectivity index (χ0) is 8.39. The van der Waals surface area contributed by atoms with Gasteiger partial charge in [-0.1, -0.05) is 0 Å². The molecular formula is C9H6FN2. The molecule has 0 aliphatic carbocycles. The van der Waals surface area contributed by atoms with E-state index in [-0.39, 0.29) is 5.82 Å². The second-order valence-corrected chi connectivity index (χ2v) is 2.36. The van der Waals surface area contributed by atoms with Crippen LogP contribution in [-0.2, 0) is 0 Å². The number of benzene rings is 1. The third-order valence-corrected chi connectivity index (χ3v) is 1.55. The average Bonchev–Trinajstić information content (AvgIpc) is 2.56. The summed E-state index contributed by atoms with van der Waals surface area (Å²) >= 11 is 0. The van der Waals surface area contributed by atoms with Crippen molar-refractivity contribution in [2.24, 2.45) is 0 Å². The number of halogens is 1. The zero-order valence-corrected chi connectivity index (χ0v) is 6.24. The van der Waals surface area contributed by atoms with Crippen LogP contribution in [0.5, 0.6) is 0 Å². The molecular weight excluding hydrogens is 155 g/mol. The lowest BCUT2D eigenvalue weighted by atomic mass is 10.3. The quantitative estimate of drug-likeness (QED) is 0.623. The zero-order valence-electron chi connectivity index (χ0n) is 6.24. The first kappa shape index (κ1) is 7.03. The third-order valence-electron chi connectivity index (χ3n) is 1.55. The molecule has 0 bridgehead atoms. The molecule has 2 rings (SSSR count). The highest BCUT2D eigenvalue weighted by atomic mass is 19.1. The van der Waals surface area contributed by atoms with E-state index < -0.39 is 0 Å². The van der Waals surface area contributed by atoms with Crippen molar-refractivity contribution in [3.63, 3.8) is 0 Å². The summed E-state index contributed by atoms with van der Waals surface area (Å²) in [6, 6.07) is 7.15. The van der Waals surface area contributed by atoms with Crippen LogP contribution in [0.25, 0.3) is 5.69 Å². The Bertz CT molecular complexity index is 368. The average molecular weight is 161 g/mol. The molecule has 0 atom stereocenters. The topological polar surface area (TPSA) is 17.8 Å². The predicted octanol–water partition coefficient (Wildman–Crippen LogP) is 1.81. The fourth-order valence-corrected chi connectivity index (χ4v) is 0.999. The molecule has 0 aliphatic heterocycles. The summed E-state index contributed by atoms with van der Waals surface area (Å²) in [4.78, 5) is 3.86. The Kier molecular flexibility index (Phi) is 1.63. The molecule has 0 aliphatic rings. The number of rotatable bonds is 1. The molecule has 0 saturated carbocycles. The summed E-state index contributed by atoms with van der Waals surface area (Å²) in [6.07, 6.45) is 5.03. The fourth-order valence-electron chi connectivity index (χ4n) is 0.999. The monoisotopic (exact) mass is 161 g/mol. The van der Waals surface area contributed by atoms with Crippen LogP contribution >= 0.6 is 0 Å². The Morgan fingerprint density at radius 2 is 2.42 bits per heavy atom. The maximum atomic E-state index is 12.7. The summed E-state index contributed by atoms with van der Waals surface area (Å²) in [5.41, 5.74) is 0.753. The summed E-state index contributed by atoms with van der Waals surface area (Å²) < 4.78 is 14.4. The molecule has 2 nitrogen and oxygen atoms in total. The van der Waals surface area contributed by atoms with Gasteiger partial charge < -0.3 is 4.57 Å². The van der Waals surface area contributed by atoms with Crippen molar-refractivity contribution in [3.05, 3.63) is 48.8 Å². The van der Waals surface area contributed by atoms with Crippen molar-refractivity contribution in [3.8, 4) is 5.69 Å². The largest absolute Gasteiger partial charge is 0.306 e. The van der Waals surface area contributed by atoms with Gasteiger partial charge in [0.25, 0.3) is 0 Å². The second kappa shape index (κ2) is 2.77. The highest BCUT2D eigenvalue weighted by molar-refractivity contribution is 5.31. The summed E-state index contributed by atoms with van der Waals surface area (Å²) in [5.74, 6) is -0.360. The first-order valence-corrected chi connectivity index (χ1v) is 3.52. The standard InChI is InChI=1S/C9H6FN2/c10-8-2-1-3-9(6-8)12-5-4-11-7-12/h1,3-7H. The van der Waals surface area contributed by atoms with Crippen LogP contribution < -0.4 is 0 Å². The van der Waals surface area contributed by atoms with Gasteiger partial charge in [-0.05, 0) is 18.2 Å². The Labute approximate surface area is 69.3 Å². The number of hydrogen-bond acceptors (Lipinski definition) is 1. The molecule has 0 unspecified atom stereocenters. The van der Waals surface area contributed by atoms with Crippen molar-refractivity contribution in [1.29, 1.82) is 0 Å². The summed E-state index contributed by atoms with van der Waals surface area (Å²) in [6.45, 7) is 0. The van der Waals surface area contributed by atoms with Gasteiger partial charge in [0.15, 0.2) is 0 Å². The van der Waals surface area contributed by atoms with Crippen molar-refractivity contribution in [1.82, 2.24) is 9.55 Å². The molecule has 0 amide bonds. The van der Waals surface area contributed by atoms with E-state index in [0.29, 0.717) is 0 Å². The lowest BCUT2D eigenvalue weighted by Gasteiger charge is -1.99. The van der Waals surface area contributed by atoms with Gasteiger partial charge in [0, 0.05) is 24.1 Å². The number of hydrogen-bond donors (Lipinski definition) is 0. The van der Waals surface area contributed by atoms with Crippen molar-refractivity contribution in [2.45, 2.75) is 0 Å². The predicted molar refractivity (Wildman–Crippen MR) is 42.4 cm³/mol. The van der Waals surface area contributed by atoms with Crippen LogP contribution in [0.1, 0.15) is 0 Å². The fraction of sp³-hybridized carbons (Fsp3) is 0. The first-order chi connectivity index (χ1) is 5.86. The molecule has 0 saturated heterocycles. The van der Waals surface area contributed by atoms with E-state index >= 15 is 0 Å². The van der Waals surface area contributed by atoms with Crippen LogP contribution in [0.4, 0.5) is 4.39 Å².